The topological polar surface area (TPSA) is 102 Å². The maximum absolute atomic E-state index is 14.0. The summed E-state index contributed by atoms with van der Waals surface area (Å²) in [6, 6.07) is 12.7. The summed E-state index contributed by atoms with van der Waals surface area (Å²) in [4.78, 5) is 59.1. The van der Waals surface area contributed by atoms with Gasteiger partial charge in [0.2, 0.25) is 17.7 Å². The van der Waals surface area contributed by atoms with Crippen molar-refractivity contribution in [2.45, 2.75) is 71.4 Å². The molecule has 9 nitrogen and oxygen atoms in total. The van der Waals surface area contributed by atoms with Gasteiger partial charge in [-0.25, -0.2) is 9.29 Å². The van der Waals surface area contributed by atoms with Gasteiger partial charge >= 0.3 is 0 Å². The third-order valence-electron chi connectivity index (χ3n) is 8.63. The molecule has 2 aliphatic rings. The number of aldehydes is 1. The van der Waals surface area contributed by atoms with E-state index in [-0.39, 0.29) is 36.6 Å². The van der Waals surface area contributed by atoms with Crippen LogP contribution < -0.4 is 10.6 Å². The Morgan fingerprint density at radius 3 is 2.26 bits per heavy atom. The first-order valence-corrected chi connectivity index (χ1v) is 14.4. The molecule has 2 aliphatic heterocycles. The molecule has 2 aromatic carbocycles. The summed E-state index contributed by atoms with van der Waals surface area (Å²) in [6.45, 7) is 9.63. The summed E-state index contributed by atoms with van der Waals surface area (Å²) < 4.78 is 13.5. The Hall–Kier alpha value is -3.63. The first-order valence-electron chi connectivity index (χ1n) is 14.4. The van der Waals surface area contributed by atoms with Crippen molar-refractivity contribution in [3.63, 3.8) is 0 Å². The van der Waals surface area contributed by atoms with Crippen LogP contribution in [0.25, 0.3) is 0 Å². The second kappa shape index (κ2) is 12.3. The van der Waals surface area contributed by atoms with Crippen molar-refractivity contribution in [3.05, 3.63) is 71.0 Å². The molecule has 2 saturated heterocycles. The second-order valence-electron chi connectivity index (χ2n) is 12.4. The molecule has 0 aliphatic carbocycles. The molecular weight excluding hydrogens is 537 g/mol. The molecule has 4 atom stereocenters. The van der Waals surface area contributed by atoms with Crippen LogP contribution in [0.3, 0.4) is 0 Å². The molecule has 3 amide bonds. The van der Waals surface area contributed by atoms with Gasteiger partial charge in [-0.1, -0.05) is 62.7 Å². The fraction of sp³-hybridized carbons (Fsp3) is 0.500. The summed E-state index contributed by atoms with van der Waals surface area (Å²) in [6.07, 6.45) is 0.889. The number of fused-ring (bicyclic) bond motifs is 1. The molecule has 2 heterocycles. The van der Waals surface area contributed by atoms with Crippen molar-refractivity contribution in [1.82, 2.24) is 25.3 Å². The molecule has 0 unspecified atom stereocenters. The predicted molar refractivity (Wildman–Crippen MR) is 158 cm³/mol. The number of halogens is 1. The first kappa shape index (κ1) is 31.3. The number of hydrogen-bond donors (Lipinski definition) is 2. The third-order valence-corrected chi connectivity index (χ3v) is 8.63. The van der Waals surface area contributed by atoms with Crippen molar-refractivity contribution in [1.29, 1.82) is 0 Å². The molecule has 0 spiro atoms. The fourth-order valence-corrected chi connectivity index (χ4v) is 5.83. The van der Waals surface area contributed by atoms with Gasteiger partial charge in [-0.3, -0.25) is 19.2 Å². The van der Waals surface area contributed by atoms with Crippen LogP contribution in [0.5, 0.6) is 0 Å². The lowest BCUT2D eigenvalue weighted by atomic mass is 9.79. The maximum Gasteiger partial charge on any atom is 0.245 e. The van der Waals surface area contributed by atoms with E-state index in [1.54, 1.807) is 40.8 Å². The van der Waals surface area contributed by atoms with Gasteiger partial charge in [0.25, 0.3) is 0 Å². The SMILES string of the molecule is CN[C@@H](C)C(=O)N[C@](C=O)(N1CC(=O)N2[C@@H](Cc3ccc(C)cc3)C(=O)N(CCc3ccc(F)cc3)C[C@@H]21)C(C)(C)C. The Morgan fingerprint density at radius 2 is 1.69 bits per heavy atom. The van der Waals surface area contributed by atoms with Gasteiger partial charge in [0, 0.05) is 18.4 Å². The molecule has 0 bridgehead atoms. The monoisotopic (exact) mass is 579 g/mol. The van der Waals surface area contributed by atoms with Gasteiger partial charge < -0.3 is 20.4 Å². The van der Waals surface area contributed by atoms with E-state index in [0.29, 0.717) is 19.4 Å². The summed E-state index contributed by atoms with van der Waals surface area (Å²) in [7, 11) is 1.66. The first-order chi connectivity index (χ1) is 19.8. The number of amides is 3. The van der Waals surface area contributed by atoms with Crippen LogP contribution >= 0.6 is 0 Å². The minimum Gasteiger partial charge on any atom is -0.337 e. The molecule has 2 N–H and O–H groups in total. The molecule has 0 saturated carbocycles. The highest BCUT2D eigenvalue weighted by molar-refractivity contribution is 5.93. The van der Waals surface area contributed by atoms with E-state index in [9.17, 15) is 23.6 Å². The summed E-state index contributed by atoms with van der Waals surface area (Å²) in [5, 5.41) is 5.87. The average molecular weight is 580 g/mol. The van der Waals surface area contributed by atoms with Crippen molar-refractivity contribution in [2.75, 3.05) is 26.7 Å². The van der Waals surface area contributed by atoms with E-state index in [2.05, 4.69) is 10.6 Å². The largest absolute Gasteiger partial charge is 0.337 e. The van der Waals surface area contributed by atoms with Crippen molar-refractivity contribution in [2.24, 2.45) is 5.41 Å². The van der Waals surface area contributed by atoms with E-state index in [0.717, 1.165) is 23.0 Å². The van der Waals surface area contributed by atoms with E-state index in [1.165, 1.54) is 12.1 Å². The quantitative estimate of drug-likeness (QED) is 0.419. The lowest BCUT2D eigenvalue weighted by Gasteiger charge is -2.52. The number of piperazine rings is 1. The number of nitrogens with one attached hydrogen (secondary N) is 2. The van der Waals surface area contributed by atoms with E-state index in [1.807, 2.05) is 52.0 Å². The van der Waals surface area contributed by atoms with Gasteiger partial charge in [-0.15, -0.1) is 0 Å². The number of likely N-dealkylation sites (N-methyl/N-ethyl adjacent to an activating group) is 1. The standard InChI is InChI=1S/C32H42FN5O4/c1-21-7-9-24(10-8-21)17-26-30(42)36(16-15-23-11-13-25(33)14-12-23)18-27-37(19-28(40)38(26)27)32(20-39,31(3,4)5)35-29(41)22(2)34-6/h7-14,20,22,26-27,34H,15-19H2,1-6H3,(H,35,41)/t22-,26-,27+,32+/m0/s1. The Kier molecular flexibility index (Phi) is 9.18. The Bertz CT molecular complexity index is 1310. The number of benzene rings is 2. The Morgan fingerprint density at radius 1 is 1.07 bits per heavy atom. The zero-order valence-corrected chi connectivity index (χ0v) is 25.3. The van der Waals surface area contributed by atoms with E-state index >= 15 is 0 Å². The maximum atomic E-state index is 14.0. The van der Waals surface area contributed by atoms with Crippen molar-refractivity contribution in [3.8, 4) is 0 Å². The number of nitrogens with zero attached hydrogens (tertiary/aromatic N) is 3. The third kappa shape index (κ3) is 6.10. The van der Waals surface area contributed by atoms with Gasteiger partial charge in [0.1, 0.15) is 18.0 Å². The number of rotatable bonds is 10. The molecular formula is C32H42FN5O4. The van der Waals surface area contributed by atoms with E-state index in [4.69, 9.17) is 0 Å². The molecule has 10 heteroatoms. The highest BCUT2D eigenvalue weighted by Crippen LogP contribution is 2.39. The van der Waals surface area contributed by atoms with E-state index < -0.39 is 29.3 Å². The minimum absolute atomic E-state index is 0.127. The molecule has 42 heavy (non-hydrogen) atoms. The van der Waals surface area contributed by atoms with Gasteiger partial charge in [0.05, 0.1) is 19.1 Å². The number of aryl methyl sites for hydroxylation is 1. The molecule has 2 aromatic rings. The van der Waals surface area contributed by atoms with Gasteiger partial charge in [0.15, 0.2) is 11.9 Å². The zero-order valence-electron chi connectivity index (χ0n) is 25.3. The molecule has 4 rings (SSSR count). The normalized spacial score (nSPS) is 21.6. The molecule has 2 fully saturated rings. The van der Waals surface area contributed by atoms with Crippen LogP contribution in [0.1, 0.15) is 44.4 Å². The smallest absolute Gasteiger partial charge is 0.245 e. The summed E-state index contributed by atoms with van der Waals surface area (Å²) >= 11 is 0. The Labute approximate surface area is 247 Å². The molecule has 226 valence electrons. The van der Waals surface area contributed by atoms with Crippen LogP contribution in [-0.2, 0) is 32.0 Å². The number of hydrogen-bond acceptors (Lipinski definition) is 6. The minimum atomic E-state index is -1.53. The molecule has 0 aromatic heterocycles. The highest BCUT2D eigenvalue weighted by Gasteiger charge is 2.59. The molecule has 0 radical (unpaired) electrons. The van der Waals surface area contributed by atoms with Gasteiger partial charge in [-0.05, 0) is 50.6 Å². The van der Waals surface area contributed by atoms with Crippen LogP contribution in [0.15, 0.2) is 48.5 Å². The number of carbonyl (C=O) groups excluding carboxylic acids is 4. The number of carbonyl (C=O) groups is 4. The van der Waals surface area contributed by atoms with Crippen molar-refractivity contribution >= 4 is 24.0 Å². The van der Waals surface area contributed by atoms with Crippen LogP contribution in [0.2, 0.25) is 0 Å². The second-order valence-corrected chi connectivity index (χ2v) is 12.4. The van der Waals surface area contributed by atoms with Crippen LogP contribution in [-0.4, -0.2) is 89.3 Å². The lowest BCUT2D eigenvalue weighted by Crippen LogP contribution is -2.74. The van der Waals surface area contributed by atoms with Crippen molar-refractivity contribution < 1.29 is 23.6 Å². The Balaban J connectivity index is 1.73. The summed E-state index contributed by atoms with van der Waals surface area (Å²) in [5.41, 5.74) is 0.551. The summed E-state index contributed by atoms with van der Waals surface area (Å²) in [5.74, 6) is -1.15. The van der Waals surface area contributed by atoms with Gasteiger partial charge in [-0.2, -0.15) is 0 Å². The van der Waals surface area contributed by atoms with Crippen LogP contribution in [0.4, 0.5) is 4.39 Å². The predicted octanol–water partition coefficient (Wildman–Crippen LogP) is 2.27. The zero-order chi connectivity index (χ0) is 30.8. The fourth-order valence-electron chi connectivity index (χ4n) is 5.83. The highest BCUT2D eigenvalue weighted by atomic mass is 19.1. The lowest BCUT2D eigenvalue weighted by molar-refractivity contribution is -0.160. The average Bonchev–Trinajstić information content (AvgIpc) is 3.28. The van der Waals surface area contributed by atoms with Crippen LogP contribution in [0, 0.1) is 18.2 Å².